The van der Waals surface area contributed by atoms with Gasteiger partial charge in [-0.25, -0.2) is 0 Å². The quantitative estimate of drug-likeness (QED) is 0.0957. The SMILES string of the molecule is CC.[2H]C.[2H]C.[2H]C.[2H]C.[2H]C.[2H][2H].[2H][2H].[2H][2H].[2H][2H].[2H][2H].[2H][2H].[2H][2H].[2H][2H].[2H][2H].[2H][2H].[2H][2H].[2H][2H].c1ccc(-c2c3ccccc3c(-c3ccc4oc5cc(-c6ccc7c(ccc8ccccc87)c6)ccc5c4c3)c3ccccc23)cc1.c1ccc(-c2c3ccccc3c(-c3ccc4oc5cc(-c6cccc7ccccc67)ccc5c4c3)c3ccccc23)cc1.c1ccc(-c2ccc3oc4ccc(-c5c6ccccc6c(-c6ccccc6)c6cc(-c7ccccc7)c(-c7ccccc7)cc56)cc4c3c2)cc1. The number of hydrogen-bond acceptors (Lipinski definition) is 3. The minimum absolute atomic E-state index is 0.893. The van der Waals surface area contributed by atoms with Gasteiger partial charge in [0, 0.05) is 74.8 Å². The van der Waals surface area contributed by atoms with Gasteiger partial charge in [0.05, 0.1) is 0 Å². The lowest BCUT2D eigenvalue weighted by Gasteiger charge is -2.21. The topological polar surface area (TPSA) is 39.4 Å². The average Bonchev–Trinajstić information content (AvgIpc) is 1.57. The van der Waals surface area contributed by atoms with E-state index in [9.17, 15) is 0 Å². The van der Waals surface area contributed by atoms with Crippen LogP contribution < -0.4 is 0 Å². The lowest BCUT2D eigenvalue weighted by atomic mass is 9.82. The van der Waals surface area contributed by atoms with Crippen molar-refractivity contribution < 1.29 is 55.7 Å². The Bertz CT molecular complexity index is 10000. The first-order valence-corrected chi connectivity index (χ1v) is 49.5. The van der Waals surface area contributed by atoms with Crippen molar-refractivity contribution in [1.29, 1.82) is 0 Å². The first kappa shape index (κ1) is 77.1. The van der Waals surface area contributed by atoms with Gasteiger partial charge in [-0.2, -0.15) is 0 Å². The van der Waals surface area contributed by atoms with Gasteiger partial charge >= 0.3 is 0 Å². The van der Waals surface area contributed by atoms with E-state index in [1.54, 1.807) is 0 Å². The van der Waals surface area contributed by atoms with E-state index in [4.69, 9.17) is 55.7 Å². The van der Waals surface area contributed by atoms with Crippen molar-refractivity contribution in [3.63, 3.8) is 0 Å². The molecule has 3 heteroatoms. The molecule has 0 saturated carbocycles. The summed E-state index contributed by atoms with van der Waals surface area (Å²) in [5, 5.41) is 29.3. The molecule has 3 aromatic heterocycles. The second kappa shape index (κ2) is 40.7. The standard InChI is InChI=1S/C50H32O.C46H28O.C42H26O.C2H6.5CH4.12H2/c1-5-15-33(16-6-1)37-25-27-47-43(29-37)44-30-38(26-28-48(44)51-47)50-40-24-14-13-23-39(40)49(36-21-11-4-12-22-36)45-31-41(34-17-7-2-8-18-34)42(32-46(45)50)35-19-9-3-10-20-35;1-2-11-30(12-3-1)45-38-14-6-8-16-40(38)46(41-17-9-7-15-39(41)45)34-22-25-43-42(27-34)37-24-21-32(28-44(37)47-43)31-20-23-36-33(26-31)19-18-29-10-4-5-13-35(29)36;1-2-12-28(13-3-1)41-34-16-6-8-18-36(34)42(37-19-9-7-17-35(37)41)30-22-24-39-38(25-30)33-23-21-29(26-40(33)43-39)32-20-10-14-27-11-4-5-15-31(27)32;1-2;;;;;;;;;;;;;;;;;/h1-32H;1-28H;1-26H;1-2H3;5*1H4;12*1H/i;;;;5*1D;12*1+1D. The number of furan rings is 3. The Labute approximate surface area is 908 Å². The largest absolute Gasteiger partial charge is 0.456 e. The molecule has 29 rings (SSSR count). The first-order valence-electron chi connectivity index (χ1n) is 66.5. The van der Waals surface area contributed by atoms with Crippen LogP contribution in [0, 0.1) is 0 Å². The molecule has 148 heavy (non-hydrogen) atoms. The number of benzene rings is 26. The highest BCUT2D eigenvalue weighted by molar-refractivity contribution is 6.27. The summed E-state index contributed by atoms with van der Waals surface area (Å²) in [7, 11) is 6.25. The highest BCUT2D eigenvalue weighted by atomic mass is 16.3. The Kier molecular flexibility index (Phi) is 21.2. The van der Waals surface area contributed by atoms with Crippen molar-refractivity contribution in [2.45, 2.75) is 50.9 Å². The molecule has 0 N–H and O–H groups in total. The summed E-state index contributed by atoms with van der Waals surface area (Å²) >= 11 is 0. The fourth-order valence-electron chi connectivity index (χ4n) is 22.5. The third-order valence-corrected chi connectivity index (χ3v) is 28.9. The molecule has 0 aliphatic rings. The molecule has 0 radical (unpaired) electrons. The fourth-order valence-corrected chi connectivity index (χ4v) is 22.5. The summed E-state index contributed by atoms with van der Waals surface area (Å²) in [5.41, 5.74) is 32.1. The molecule has 734 valence electrons. The summed E-state index contributed by atoms with van der Waals surface area (Å²) in [5.74, 6) is 0. The smallest absolute Gasteiger partial charge is 0.136 e. The molecule has 29 aromatic rings. The van der Waals surface area contributed by atoms with Gasteiger partial charge in [-0.15, -0.1) is 0 Å². The Morgan fingerprint density at radius 3 is 0.764 bits per heavy atom. The van der Waals surface area contributed by atoms with E-state index in [1.807, 2.05) is 13.8 Å². The maximum Gasteiger partial charge on any atom is 0.136 e. The number of hydrogen-bond donors (Lipinski definition) is 0. The molecule has 26 aromatic carbocycles. The van der Waals surface area contributed by atoms with E-state index in [1.165, 1.54) is 245 Å². The third-order valence-electron chi connectivity index (χ3n) is 28.9. The van der Waals surface area contributed by atoms with Gasteiger partial charge in [-0.3, -0.25) is 0 Å². The number of rotatable bonds is 11. The summed E-state index contributed by atoms with van der Waals surface area (Å²) < 4.78 is 168. The highest BCUT2D eigenvalue weighted by Gasteiger charge is 2.26. The normalized spacial score (nSPS) is 12.1. The van der Waals surface area contributed by atoms with Gasteiger partial charge in [-0.1, -0.05) is 482 Å². The van der Waals surface area contributed by atoms with E-state index >= 15 is 0 Å². The lowest BCUT2D eigenvalue weighted by molar-refractivity contribution is 0.668. The molecule has 0 aliphatic heterocycles. The first-order chi connectivity index (χ1) is 87.9. The second-order valence-electron chi connectivity index (χ2n) is 36.9. The fraction of sp³-hybridized carbons (Fsp3) is 0.0483. The van der Waals surface area contributed by atoms with Crippen LogP contribution in [0.2, 0.25) is 0 Å². The summed E-state index contributed by atoms with van der Waals surface area (Å²) in [6, 6.07) is 188. The Hall–Kier alpha value is -18.5. The second-order valence-corrected chi connectivity index (χ2v) is 36.9. The molecular formula is C145H136O3. The molecule has 0 fully saturated rings. The molecule has 0 spiro atoms. The molecule has 0 bridgehead atoms. The van der Waals surface area contributed by atoms with Crippen LogP contribution in [0.1, 0.15) is 93.3 Å². The molecule has 0 amide bonds. The van der Waals surface area contributed by atoms with Crippen LogP contribution in [0.5, 0.6) is 0 Å². The zero-order valence-corrected chi connectivity index (χ0v) is 83.9. The van der Waals surface area contributed by atoms with E-state index in [0.29, 0.717) is 0 Å². The molecule has 0 aliphatic carbocycles. The maximum atomic E-state index is 6.50. The lowest BCUT2D eigenvalue weighted by Crippen LogP contribution is -1.94. The summed E-state index contributed by atoms with van der Waals surface area (Å²) in [6.07, 6.45) is 0. The van der Waals surface area contributed by atoms with E-state index < -0.39 is 0 Å². The van der Waals surface area contributed by atoms with Gasteiger partial charge in [0.15, 0.2) is 0 Å². The van der Waals surface area contributed by atoms with Crippen LogP contribution in [0.3, 0.4) is 0 Å². The highest BCUT2D eigenvalue weighted by Crippen LogP contribution is 2.53. The van der Waals surface area contributed by atoms with Crippen molar-refractivity contribution in [1.82, 2.24) is 0 Å². The maximum absolute atomic E-state index is 6.50. The third kappa shape index (κ3) is 16.8. The molecule has 0 atom stereocenters. The van der Waals surface area contributed by atoms with Crippen molar-refractivity contribution >= 4 is 163 Å². The van der Waals surface area contributed by atoms with E-state index in [-0.39, 0.29) is 0 Å². The predicted octanol–water partition coefficient (Wildman–Crippen LogP) is 46.6. The van der Waals surface area contributed by atoms with Crippen molar-refractivity contribution in [2.75, 3.05) is 0 Å². The van der Waals surface area contributed by atoms with Crippen LogP contribution in [0.4, 0.5) is 0 Å². The monoisotopic (exact) mass is 1950 g/mol. The van der Waals surface area contributed by atoms with Crippen LogP contribution >= 0.6 is 0 Å². The van der Waals surface area contributed by atoms with Crippen molar-refractivity contribution in [2.24, 2.45) is 0 Å². The van der Waals surface area contributed by atoms with Gasteiger partial charge in [0.1, 0.15) is 33.5 Å². The zero-order chi connectivity index (χ0) is 129. The Balaban J connectivity index is 0.000000257. The predicted molar refractivity (Wildman–Crippen MR) is 669 cm³/mol. The minimum Gasteiger partial charge on any atom is -0.456 e. The van der Waals surface area contributed by atoms with Crippen LogP contribution in [-0.4, -0.2) is 0 Å². The molecule has 3 nitrogen and oxygen atoms in total. The van der Waals surface area contributed by atoms with Gasteiger partial charge < -0.3 is 13.3 Å². The molecule has 3 heterocycles. The van der Waals surface area contributed by atoms with Crippen LogP contribution in [0.15, 0.2) is 535 Å². The Morgan fingerprint density at radius 1 is 0.135 bits per heavy atom. The van der Waals surface area contributed by atoms with Crippen LogP contribution in [0.25, 0.3) is 285 Å². The number of fused-ring (bicyclic) bond motifs is 19. The van der Waals surface area contributed by atoms with E-state index in [2.05, 4.69) is 522 Å². The van der Waals surface area contributed by atoms with Gasteiger partial charge in [0.25, 0.3) is 0 Å². The van der Waals surface area contributed by atoms with Gasteiger partial charge in [-0.05, 0) is 310 Å². The minimum atomic E-state index is 0.893. The average molecular weight is 1960 g/mol. The summed E-state index contributed by atoms with van der Waals surface area (Å²) in [4.78, 5) is 0. The van der Waals surface area contributed by atoms with Crippen molar-refractivity contribution in [3.8, 4) is 122 Å². The zero-order valence-electron chi connectivity index (χ0n) is 113. The van der Waals surface area contributed by atoms with Crippen molar-refractivity contribution in [3.05, 3.63) is 522 Å². The molecule has 0 unspecified atom stereocenters. The Morgan fingerprint density at radius 2 is 0.372 bits per heavy atom. The van der Waals surface area contributed by atoms with E-state index in [0.717, 1.165) is 76.9 Å². The van der Waals surface area contributed by atoms with Crippen LogP contribution in [-0.2, 0) is 0 Å². The summed E-state index contributed by atoms with van der Waals surface area (Å²) in [6.45, 7) is 4.00. The molecule has 0 saturated heterocycles. The van der Waals surface area contributed by atoms with Gasteiger partial charge in [0.2, 0.25) is 0 Å². The molecular weight excluding hydrogens is 1790 g/mol.